The van der Waals surface area contributed by atoms with E-state index in [0.717, 1.165) is 116 Å². The lowest BCUT2D eigenvalue weighted by Gasteiger charge is -2.45. The molecule has 0 fully saturated rings. The van der Waals surface area contributed by atoms with E-state index in [2.05, 4.69) is 209 Å². The molecule has 70 heavy (non-hydrogen) atoms. The van der Waals surface area contributed by atoms with E-state index in [1.54, 1.807) is 0 Å². The number of fused-ring (bicyclic) bond motifs is 14. The first kappa shape index (κ1) is 41.8. The van der Waals surface area contributed by atoms with Crippen molar-refractivity contribution < 1.29 is 14.6 Å². The highest BCUT2D eigenvalue weighted by molar-refractivity contribution is 6.18. The molecule has 9 aromatic rings. The zero-order valence-corrected chi connectivity index (χ0v) is 39.8. The molecule has 7 heteroatoms. The Bertz CT molecular complexity index is 3720. The quantitative estimate of drug-likeness (QED) is 0.131. The number of aliphatic hydroxyl groups excluding tert-OH is 1. The Morgan fingerprint density at radius 2 is 0.800 bits per heavy atom. The summed E-state index contributed by atoms with van der Waals surface area (Å²) in [6, 6.07) is 52.3. The molecule has 0 amide bonds. The van der Waals surface area contributed by atoms with Crippen molar-refractivity contribution in [2.24, 2.45) is 9.98 Å². The summed E-state index contributed by atoms with van der Waals surface area (Å²) in [6.07, 6.45) is 3.98. The highest BCUT2D eigenvalue weighted by Crippen LogP contribution is 2.58. The summed E-state index contributed by atoms with van der Waals surface area (Å²) in [5.74, 6) is 15.3. The second kappa shape index (κ2) is 14.8. The van der Waals surface area contributed by atoms with Crippen LogP contribution >= 0.6 is 0 Å². The number of rotatable bonds is 1. The number of ether oxygens (including phenoxy) is 2. The lowest BCUT2D eigenvalue weighted by Crippen LogP contribution is -2.61. The Labute approximate surface area is 407 Å². The largest absolute Gasteiger partial charge is 0.459 e. The number of anilines is 2. The molecule has 2 unspecified atom stereocenters. The van der Waals surface area contributed by atoms with E-state index in [1.165, 1.54) is 0 Å². The molecule has 2 atom stereocenters. The molecule has 9 aromatic carbocycles. The van der Waals surface area contributed by atoms with Crippen LogP contribution in [-0.2, 0) is 17.4 Å². The van der Waals surface area contributed by atoms with Crippen LogP contribution in [0.4, 0.5) is 22.7 Å². The molecule has 4 aliphatic heterocycles. The van der Waals surface area contributed by atoms with Gasteiger partial charge in [-0.2, -0.15) is 0 Å². The van der Waals surface area contributed by atoms with Crippen molar-refractivity contribution >= 4 is 78.3 Å². The normalized spacial score (nSPS) is 19.6. The van der Waals surface area contributed by atoms with Gasteiger partial charge in [0.1, 0.15) is 11.4 Å². The standard InChI is InChI=1S/C63H48N4O3/c1-60(2)52-34-39(27-29-54(52)66(5)62(60)37-64-56-48-19-11-7-15-44(48)46-17-9-13-21-50(46)58(56)69-62)23-25-41-31-42(33-43(32-41)36-68)26-24-40-28-30-55-53(35-40)61(3,4)63(67(55)6)38-65-57-49-20-12-8-16-45(49)47-18-10-14-22-51(47)59(57)70-63/h7-22,27-35,37-38,68H,36H2,1-6H3. The van der Waals surface area contributed by atoms with Gasteiger partial charge in [-0.05, 0) is 121 Å². The number of aliphatic imine (C=N–C) groups is 2. The Morgan fingerprint density at radius 1 is 0.443 bits per heavy atom. The molecule has 0 radical (unpaired) electrons. The molecule has 4 aliphatic rings. The molecule has 7 nitrogen and oxygen atoms in total. The number of aliphatic hydroxyl groups is 1. The van der Waals surface area contributed by atoms with Gasteiger partial charge in [-0.1, -0.05) is 121 Å². The first-order valence-corrected chi connectivity index (χ1v) is 23.8. The van der Waals surface area contributed by atoms with Gasteiger partial charge in [-0.3, -0.25) is 9.98 Å². The van der Waals surface area contributed by atoms with Gasteiger partial charge in [0, 0.05) is 69.3 Å². The minimum atomic E-state index is -0.871. The summed E-state index contributed by atoms with van der Waals surface area (Å²) in [5.41, 5.74) is 7.41. The smallest absolute Gasteiger partial charge is 0.228 e. The summed E-state index contributed by atoms with van der Waals surface area (Å²) in [5, 5.41) is 19.2. The highest BCUT2D eigenvalue weighted by atomic mass is 16.5. The fraction of sp³-hybridized carbons (Fsp3) is 0.175. The fourth-order valence-corrected chi connectivity index (χ4v) is 11.8. The molecular weight excluding hydrogens is 861 g/mol. The van der Waals surface area contributed by atoms with Gasteiger partial charge in [0.2, 0.25) is 11.4 Å². The van der Waals surface area contributed by atoms with E-state index in [1.807, 2.05) is 30.6 Å². The third kappa shape index (κ3) is 5.70. The second-order valence-electron chi connectivity index (χ2n) is 20.1. The molecule has 4 heterocycles. The van der Waals surface area contributed by atoms with Gasteiger partial charge in [-0.25, -0.2) is 0 Å². The predicted octanol–water partition coefficient (Wildman–Crippen LogP) is 13.0. The van der Waals surface area contributed by atoms with Gasteiger partial charge in [0.25, 0.3) is 0 Å². The summed E-state index contributed by atoms with van der Waals surface area (Å²) in [4.78, 5) is 14.8. The van der Waals surface area contributed by atoms with Gasteiger partial charge in [0.05, 0.1) is 29.9 Å². The Balaban J connectivity index is 0.797. The average molecular weight is 909 g/mol. The maximum Gasteiger partial charge on any atom is 0.228 e. The molecule has 0 saturated heterocycles. The van der Waals surface area contributed by atoms with E-state index >= 15 is 0 Å². The third-order valence-electron chi connectivity index (χ3n) is 15.7. The number of likely N-dealkylation sites (N-methyl/N-ethyl adjacent to an activating group) is 2. The Morgan fingerprint density at radius 3 is 1.20 bits per heavy atom. The van der Waals surface area contributed by atoms with Crippen molar-refractivity contribution in [1.29, 1.82) is 0 Å². The average Bonchev–Trinajstić information content (AvgIpc) is 3.65. The van der Waals surface area contributed by atoms with Crippen molar-refractivity contribution in [3.05, 3.63) is 191 Å². The predicted molar refractivity (Wildman–Crippen MR) is 286 cm³/mol. The van der Waals surface area contributed by atoms with Gasteiger partial charge in [0.15, 0.2) is 11.5 Å². The van der Waals surface area contributed by atoms with Crippen molar-refractivity contribution in [3.8, 4) is 35.2 Å². The zero-order valence-electron chi connectivity index (χ0n) is 39.8. The van der Waals surface area contributed by atoms with Gasteiger partial charge >= 0.3 is 0 Å². The molecule has 0 bridgehead atoms. The number of hydrogen-bond acceptors (Lipinski definition) is 7. The third-order valence-corrected chi connectivity index (χ3v) is 15.7. The maximum absolute atomic E-state index is 10.4. The Kier molecular flexibility index (Phi) is 8.85. The van der Waals surface area contributed by atoms with Crippen LogP contribution in [0.1, 0.15) is 66.6 Å². The van der Waals surface area contributed by atoms with Gasteiger partial charge < -0.3 is 24.4 Å². The molecular formula is C63H48N4O3. The number of benzene rings is 9. The summed E-state index contributed by atoms with van der Waals surface area (Å²) in [6.45, 7) is 8.77. The van der Waals surface area contributed by atoms with E-state index in [0.29, 0.717) is 0 Å². The van der Waals surface area contributed by atoms with Crippen LogP contribution in [0.3, 0.4) is 0 Å². The zero-order chi connectivity index (χ0) is 47.7. The number of nitrogens with zero attached hydrogens (tertiary/aromatic N) is 4. The van der Waals surface area contributed by atoms with Crippen LogP contribution in [0.5, 0.6) is 11.5 Å². The summed E-state index contributed by atoms with van der Waals surface area (Å²) < 4.78 is 14.5. The highest BCUT2D eigenvalue weighted by Gasteiger charge is 2.60. The topological polar surface area (TPSA) is 69.9 Å². The molecule has 1 N–H and O–H groups in total. The van der Waals surface area contributed by atoms with Crippen LogP contribution in [-0.4, -0.2) is 43.1 Å². The van der Waals surface area contributed by atoms with Crippen molar-refractivity contribution in [2.75, 3.05) is 23.9 Å². The second-order valence-corrected chi connectivity index (χ2v) is 20.1. The van der Waals surface area contributed by atoms with Gasteiger partial charge in [-0.15, -0.1) is 0 Å². The van der Waals surface area contributed by atoms with E-state index < -0.39 is 22.3 Å². The van der Waals surface area contributed by atoms with E-state index in [9.17, 15) is 5.11 Å². The van der Waals surface area contributed by atoms with Crippen LogP contribution in [0.15, 0.2) is 162 Å². The monoisotopic (exact) mass is 908 g/mol. The van der Waals surface area contributed by atoms with Crippen LogP contribution < -0.4 is 19.3 Å². The summed E-state index contributed by atoms with van der Waals surface area (Å²) in [7, 11) is 4.17. The minimum absolute atomic E-state index is 0.126. The van der Waals surface area contributed by atoms with Crippen molar-refractivity contribution in [3.63, 3.8) is 0 Å². The summed E-state index contributed by atoms with van der Waals surface area (Å²) >= 11 is 0. The molecule has 0 saturated carbocycles. The van der Waals surface area contributed by atoms with Crippen molar-refractivity contribution in [2.45, 2.75) is 56.6 Å². The SMILES string of the molecule is CN1c2ccc(C#Cc3cc(C#Cc4ccc5c(c4)C(C)(C)C4(C=Nc6c(c7ccccc7c7ccccc67)O4)N5C)cc(CO)c3)cc2C(C)(C)C12C=Nc1c(c3ccccc3c3ccccc13)O2. The lowest BCUT2D eigenvalue weighted by atomic mass is 9.77. The molecule has 338 valence electrons. The van der Waals surface area contributed by atoms with Crippen LogP contribution in [0.25, 0.3) is 43.1 Å². The number of hydrogen-bond donors (Lipinski definition) is 1. The van der Waals surface area contributed by atoms with E-state index in [4.69, 9.17) is 19.5 Å². The molecule has 2 spiro atoms. The lowest BCUT2D eigenvalue weighted by molar-refractivity contribution is 0.0843. The van der Waals surface area contributed by atoms with E-state index in [-0.39, 0.29) is 6.61 Å². The first-order valence-electron chi connectivity index (χ1n) is 23.8. The molecule has 13 rings (SSSR count). The van der Waals surface area contributed by atoms with Crippen molar-refractivity contribution in [1.82, 2.24) is 0 Å². The van der Waals surface area contributed by atoms with Crippen LogP contribution in [0.2, 0.25) is 0 Å². The maximum atomic E-state index is 10.4. The fourth-order valence-electron chi connectivity index (χ4n) is 11.8. The first-order chi connectivity index (χ1) is 33.9. The minimum Gasteiger partial charge on any atom is -0.459 e. The van der Waals surface area contributed by atoms with Crippen LogP contribution in [0, 0.1) is 23.7 Å². The Hall–Kier alpha value is -8.36. The molecule has 0 aliphatic carbocycles. The molecule has 0 aromatic heterocycles.